The van der Waals surface area contributed by atoms with Gasteiger partial charge in [-0.25, -0.2) is 4.39 Å². The van der Waals surface area contributed by atoms with Gasteiger partial charge in [-0.2, -0.15) is 0 Å². The zero-order chi connectivity index (χ0) is 10.1. The summed E-state index contributed by atoms with van der Waals surface area (Å²) in [4.78, 5) is 0. The Labute approximate surface area is 87.2 Å². The highest BCUT2D eigenvalue weighted by Gasteiger charge is 2.19. The fourth-order valence-electron chi connectivity index (χ4n) is 1.79. The van der Waals surface area contributed by atoms with Crippen LogP contribution in [0.1, 0.15) is 24.4 Å². The number of benzene rings is 1. The van der Waals surface area contributed by atoms with Crippen LogP contribution >= 0.6 is 11.6 Å². The molecule has 1 aliphatic heterocycles. The van der Waals surface area contributed by atoms with E-state index in [0.29, 0.717) is 5.02 Å². The Hall–Kier alpha value is -0.800. The molecule has 4 heteroatoms. The molecule has 0 aliphatic carbocycles. The maximum atomic E-state index is 13.2. The Balaban J connectivity index is 2.37. The molecule has 0 amide bonds. The molecule has 1 unspecified atom stereocenters. The molecule has 0 bridgehead atoms. The molecular formula is C10H12ClFN2. The number of hydrogen-bond acceptors (Lipinski definition) is 2. The van der Waals surface area contributed by atoms with E-state index < -0.39 is 5.82 Å². The maximum absolute atomic E-state index is 13.2. The van der Waals surface area contributed by atoms with E-state index in [-0.39, 0.29) is 11.7 Å². The topological polar surface area (TPSA) is 38.0 Å². The third-order valence-corrected chi connectivity index (χ3v) is 2.88. The molecule has 3 N–H and O–H groups in total. The average Bonchev–Trinajstić information content (AvgIpc) is 2.64. The van der Waals surface area contributed by atoms with Crippen LogP contribution in [-0.2, 0) is 0 Å². The quantitative estimate of drug-likeness (QED) is 0.705. The van der Waals surface area contributed by atoms with Gasteiger partial charge < -0.3 is 11.1 Å². The van der Waals surface area contributed by atoms with Crippen molar-refractivity contribution < 1.29 is 4.39 Å². The Morgan fingerprint density at radius 3 is 2.93 bits per heavy atom. The van der Waals surface area contributed by atoms with Gasteiger partial charge in [-0.3, -0.25) is 0 Å². The molecule has 0 spiro atoms. The van der Waals surface area contributed by atoms with Crippen molar-refractivity contribution in [2.45, 2.75) is 18.9 Å². The monoisotopic (exact) mass is 214 g/mol. The zero-order valence-corrected chi connectivity index (χ0v) is 8.44. The van der Waals surface area contributed by atoms with Gasteiger partial charge in [-0.05, 0) is 37.1 Å². The van der Waals surface area contributed by atoms with Crippen LogP contribution in [-0.4, -0.2) is 6.54 Å². The van der Waals surface area contributed by atoms with Crippen LogP contribution < -0.4 is 11.1 Å². The predicted molar refractivity (Wildman–Crippen MR) is 55.8 cm³/mol. The van der Waals surface area contributed by atoms with Crippen LogP contribution in [0, 0.1) is 5.82 Å². The van der Waals surface area contributed by atoms with Crippen molar-refractivity contribution >= 4 is 17.3 Å². The fourth-order valence-corrected chi connectivity index (χ4v) is 2.10. The van der Waals surface area contributed by atoms with Gasteiger partial charge in [0.05, 0.1) is 5.69 Å². The first-order chi connectivity index (χ1) is 6.68. The molecular weight excluding hydrogens is 203 g/mol. The number of hydrogen-bond donors (Lipinski definition) is 2. The minimum atomic E-state index is -0.391. The lowest BCUT2D eigenvalue weighted by atomic mass is 10.0. The van der Waals surface area contributed by atoms with E-state index in [2.05, 4.69) is 5.32 Å². The van der Waals surface area contributed by atoms with Crippen LogP contribution in [0.2, 0.25) is 5.02 Å². The molecule has 2 nitrogen and oxygen atoms in total. The number of nitrogens with one attached hydrogen (secondary N) is 1. The number of nitrogen functional groups attached to an aromatic ring is 1. The van der Waals surface area contributed by atoms with Gasteiger partial charge in [0.25, 0.3) is 0 Å². The van der Waals surface area contributed by atoms with Crippen LogP contribution in [0.25, 0.3) is 0 Å². The van der Waals surface area contributed by atoms with Crippen molar-refractivity contribution in [2.75, 3.05) is 12.3 Å². The van der Waals surface area contributed by atoms with Crippen LogP contribution in [0.15, 0.2) is 12.1 Å². The second kappa shape index (κ2) is 3.75. The highest BCUT2D eigenvalue weighted by atomic mass is 35.5. The number of rotatable bonds is 1. The summed E-state index contributed by atoms with van der Waals surface area (Å²) >= 11 is 5.99. The molecule has 0 saturated carbocycles. The minimum Gasteiger partial charge on any atom is -0.396 e. The van der Waals surface area contributed by atoms with E-state index in [4.69, 9.17) is 17.3 Å². The fraction of sp³-hybridized carbons (Fsp3) is 0.400. The molecule has 0 radical (unpaired) electrons. The Bertz CT molecular complexity index is 348. The molecule has 1 saturated heterocycles. The summed E-state index contributed by atoms with van der Waals surface area (Å²) in [5.74, 6) is -0.391. The van der Waals surface area contributed by atoms with Gasteiger partial charge in [-0.15, -0.1) is 0 Å². The number of halogens is 2. The molecule has 1 atom stereocenters. The highest BCUT2D eigenvalue weighted by Crippen LogP contribution is 2.31. The van der Waals surface area contributed by atoms with Gasteiger partial charge in [0.2, 0.25) is 0 Å². The van der Waals surface area contributed by atoms with E-state index in [1.54, 1.807) is 0 Å². The molecule has 1 heterocycles. The van der Waals surface area contributed by atoms with Crippen molar-refractivity contribution in [1.82, 2.24) is 5.32 Å². The molecule has 1 aliphatic rings. The second-order valence-corrected chi connectivity index (χ2v) is 3.95. The predicted octanol–water partition coefficient (Wildman–Crippen LogP) is 2.49. The van der Waals surface area contributed by atoms with Crippen LogP contribution in [0.3, 0.4) is 0 Å². The minimum absolute atomic E-state index is 0.108. The number of anilines is 1. The van der Waals surface area contributed by atoms with E-state index in [1.165, 1.54) is 12.1 Å². The largest absolute Gasteiger partial charge is 0.396 e. The van der Waals surface area contributed by atoms with Crippen LogP contribution in [0.5, 0.6) is 0 Å². The summed E-state index contributed by atoms with van der Waals surface area (Å²) in [6.45, 7) is 0.965. The Kier molecular flexibility index (Phi) is 2.61. The first-order valence-corrected chi connectivity index (χ1v) is 5.04. The zero-order valence-electron chi connectivity index (χ0n) is 7.69. The number of nitrogens with two attached hydrogens (primary N) is 1. The average molecular weight is 215 g/mol. The summed E-state index contributed by atoms with van der Waals surface area (Å²) in [6, 6.07) is 3.09. The molecule has 14 heavy (non-hydrogen) atoms. The van der Waals surface area contributed by atoms with Crippen molar-refractivity contribution in [2.24, 2.45) is 0 Å². The van der Waals surface area contributed by atoms with Gasteiger partial charge in [0.15, 0.2) is 0 Å². The normalized spacial score (nSPS) is 21.4. The smallest absolute Gasteiger partial charge is 0.146 e. The molecule has 0 aromatic heterocycles. The van der Waals surface area contributed by atoms with Crippen molar-refractivity contribution in [1.29, 1.82) is 0 Å². The van der Waals surface area contributed by atoms with Crippen molar-refractivity contribution in [3.05, 3.63) is 28.5 Å². The van der Waals surface area contributed by atoms with E-state index in [0.717, 1.165) is 24.9 Å². The van der Waals surface area contributed by atoms with E-state index >= 15 is 0 Å². The molecule has 2 rings (SSSR count). The van der Waals surface area contributed by atoms with Gasteiger partial charge in [0, 0.05) is 11.1 Å². The summed E-state index contributed by atoms with van der Waals surface area (Å²) in [5, 5.41) is 3.81. The standard InChI is InChI=1S/C10H12ClFN2/c11-7-5-9(13)8(12)4-6(7)10-2-1-3-14-10/h4-5,10,14H,1-3,13H2. The highest BCUT2D eigenvalue weighted by molar-refractivity contribution is 6.31. The molecule has 1 aromatic carbocycles. The van der Waals surface area contributed by atoms with Gasteiger partial charge >= 0.3 is 0 Å². The first kappa shape index (κ1) is 9.74. The summed E-state index contributed by atoms with van der Waals surface area (Å²) in [6.07, 6.45) is 2.11. The third kappa shape index (κ3) is 1.70. The Morgan fingerprint density at radius 1 is 1.50 bits per heavy atom. The van der Waals surface area contributed by atoms with Crippen molar-refractivity contribution in [3.63, 3.8) is 0 Å². The summed E-state index contributed by atoms with van der Waals surface area (Å²) in [5.41, 5.74) is 6.33. The lowest BCUT2D eigenvalue weighted by Gasteiger charge is -2.13. The van der Waals surface area contributed by atoms with E-state index in [9.17, 15) is 4.39 Å². The molecule has 76 valence electrons. The van der Waals surface area contributed by atoms with E-state index in [1.807, 2.05) is 0 Å². The maximum Gasteiger partial charge on any atom is 0.146 e. The van der Waals surface area contributed by atoms with Crippen molar-refractivity contribution in [3.8, 4) is 0 Å². The van der Waals surface area contributed by atoms with Gasteiger partial charge in [0.1, 0.15) is 5.82 Å². The molecule has 1 fully saturated rings. The first-order valence-electron chi connectivity index (χ1n) is 4.66. The van der Waals surface area contributed by atoms with Gasteiger partial charge in [-0.1, -0.05) is 11.6 Å². The Morgan fingerprint density at radius 2 is 2.29 bits per heavy atom. The van der Waals surface area contributed by atoms with Crippen LogP contribution in [0.4, 0.5) is 10.1 Å². The second-order valence-electron chi connectivity index (χ2n) is 3.54. The lowest BCUT2D eigenvalue weighted by molar-refractivity contribution is 0.610. The molecule has 1 aromatic rings. The SMILES string of the molecule is Nc1cc(Cl)c(C2CCCN2)cc1F. The third-order valence-electron chi connectivity index (χ3n) is 2.55. The summed E-state index contributed by atoms with van der Waals surface area (Å²) in [7, 11) is 0. The lowest BCUT2D eigenvalue weighted by Crippen LogP contribution is -2.13. The summed E-state index contributed by atoms with van der Waals surface area (Å²) < 4.78 is 13.2.